The zero-order chi connectivity index (χ0) is 16.7. The largest absolute Gasteiger partial charge is 0.386 e. The lowest BCUT2D eigenvalue weighted by molar-refractivity contribution is -0.132. The van der Waals surface area contributed by atoms with Crippen LogP contribution >= 0.6 is 0 Å². The third-order valence-corrected chi connectivity index (χ3v) is 3.64. The van der Waals surface area contributed by atoms with Crippen molar-refractivity contribution in [1.82, 2.24) is 14.9 Å². The second-order valence-corrected chi connectivity index (χ2v) is 5.63. The maximum Gasteiger partial charge on any atom is 0.227 e. The Labute approximate surface area is 137 Å². The van der Waals surface area contributed by atoms with Crippen molar-refractivity contribution in [3.05, 3.63) is 59.7 Å². The van der Waals surface area contributed by atoms with Gasteiger partial charge in [0, 0.05) is 36.4 Å². The summed E-state index contributed by atoms with van der Waals surface area (Å²) in [6.45, 7) is 4.83. The van der Waals surface area contributed by atoms with Crippen molar-refractivity contribution >= 4 is 5.91 Å². The standard InChI is InChI=1S/C18H23N3O2/c1-3-9-21(13-17(22)16-5-4-8-19-12-16)18(23)10-15-7-6-14(2)20-11-15/h4-8,11-12,17,22H,3,9-10,13H2,1-2H3. The molecule has 1 amide bonds. The van der Waals surface area contributed by atoms with E-state index in [9.17, 15) is 9.90 Å². The van der Waals surface area contributed by atoms with Crippen molar-refractivity contribution in [3.8, 4) is 0 Å². The summed E-state index contributed by atoms with van der Waals surface area (Å²) in [7, 11) is 0. The van der Waals surface area contributed by atoms with Crippen LogP contribution in [0.15, 0.2) is 42.9 Å². The normalized spacial score (nSPS) is 12.0. The van der Waals surface area contributed by atoms with Crippen molar-refractivity contribution in [2.45, 2.75) is 32.8 Å². The minimum Gasteiger partial charge on any atom is -0.386 e. The molecule has 0 aliphatic heterocycles. The first-order valence-corrected chi connectivity index (χ1v) is 7.87. The van der Waals surface area contributed by atoms with E-state index in [1.165, 1.54) is 0 Å². The quantitative estimate of drug-likeness (QED) is 0.852. The molecule has 0 aliphatic rings. The molecule has 0 spiro atoms. The lowest BCUT2D eigenvalue weighted by atomic mass is 10.1. The fraction of sp³-hybridized carbons (Fsp3) is 0.389. The highest BCUT2D eigenvalue weighted by atomic mass is 16.3. The van der Waals surface area contributed by atoms with Crippen LogP contribution in [0.5, 0.6) is 0 Å². The average molecular weight is 313 g/mol. The van der Waals surface area contributed by atoms with Gasteiger partial charge in [0.1, 0.15) is 0 Å². The van der Waals surface area contributed by atoms with E-state index in [1.54, 1.807) is 29.6 Å². The topological polar surface area (TPSA) is 66.3 Å². The first kappa shape index (κ1) is 17.1. The summed E-state index contributed by atoms with van der Waals surface area (Å²) in [5.74, 6) is 0.000411. The lowest BCUT2D eigenvalue weighted by Gasteiger charge is -2.25. The molecule has 5 heteroatoms. The molecule has 2 rings (SSSR count). The number of aromatic nitrogens is 2. The fourth-order valence-corrected chi connectivity index (χ4v) is 2.36. The molecule has 1 atom stereocenters. The Hall–Kier alpha value is -2.27. The summed E-state index contributed by atoms with van der Waals surface area (Å²) in [6, 6.07) is 7.41. The van der Waals surface area contributed by atoms with E-state index in [0.29, 0.717) is 13.0 Å². The number of nitrogens with zero attached hydrogens (tertiary/aromatic N) is 3. The summed E-state index contributed by atoms with van der Waals surface area (Å²) in [4.78, 5) is 22.5. The van der Waals surface area contributed by atoms with Crippen LogP contribution in [0, 0.1) is 6.92 Å². The number of aliphatic hydroxyl groups excluding tert-OH is 1. The van der Waals surface area contributed by atoms with Crippen LogP contribution in [0.25, 0.3) is 0 Å². The van der Waals surface area contributed by atoms with Gasteiger partial charge in [0.2, 0.25) is 5.91 Å². The van der Waals surface area contributed by atoms with Gasteiger partial charge in [-0.15, -0.1) is 0 Å². The van der Waals surface area contributed by atoms with E-state index >= 15 is 0 Å². The number of carbonyl (C=O) groups is 1. The van der Waals surface area contributed by atoms with Crippen molar-refractivity contribution in [2.75, 3.05) is 13.1 Å². The van der Waals surface area contributed by atoms with Crippen LogP contribution < -0.4 is 0 Å². The van der Waals surface area contributed by atoms with Gasteiger partial charge < -0.3 is 10.0 Å². The van der Waals surface area contributed by atoms with Crippen LogP contribution in [-0.2, 0) is 11.2 Å². The molecule has 0 saturated heterocycles. The SMILES string of the molecule is CCCN(CC(O)c1cccnc1)C(=O)Cc1ccc(C)nc1. The first-order chi connectivity index (χ1) is 11.1. The molecule has 0 saturated carbocycles. The minimum absolute atomic E-state index is 0.000411. The van der Waals surface area contributed by atoms with Gasteiger partial charge in [-0.1, -0.05) is 19.1 Å². The molecular formula is C18H23N3O2. The predicted octanol–water partition coefficient (Wildman–Crippen LogP) is 2.30. The zero-order valence-electron chi connectivity index (χ0n) is 13.6. The molecule has 1 N–H and O–H groups in total. The van der Waals surface area contributed by atoms with Crippen LogP contribution in [0.1, 0.15) is 36.3 Å². The Kier molecular flexibility index (Phi) is 6.23. The van der Waals surface area contributed by atoms with Gasteiger partial charge in [-0.2, -0.15) is 0 Å². The number of hydrogen-bond acceptors (Lipinski definition) is 4. The van der Waals surface area contributed by atoms with Gasteiger partial charge in [-0.25, -0.2) is 0 Å². The molecule has 0 fully saturated rings. The molecule has 5 nitrogen and oxygen atoms in total. The molecule has 2 aromatic rings. The lowest BCUT2D eigenvalue weighted by Crippen LogP contribution is -2.36. The summed E-state index contributed by atoms with van der Waals surface area (Å²) < 4.78 is 0. The smallest absolute Gasteiger partial charge is 0.227 e. The molecule has 1 unspecified atom stereocenters. The summed E-state index contributed by atoms with van der Waals surface area (Å²) in [5.41, 5.74) is 2.54. The molecule has 23 heavy (non-hydrogen) atoms. The van der Waals surface area contributed by atoms with E-state index < -0.39 is 6.10 Å². The summed E-state index contributed by atoms with van der Waals surface area (Å²) in [6.07, 6.45) is 5.44. The minimum atomic E-state index is -0.727. The Morgan fingerprint density at radius 2 is 2.13 bits per heavy atom. The highest BCUT2D eigenvalue weighted by Crippen LogP contribution is 2.14. The van der Waals surface area contributed by atoms with Crippen LogP contribution in [-0.4, -0.2) is 39.0 Å². The third-order valence-electron chi connectivity index (χ3n) is 3.64. The Morgan fingerprint density at radius 1 is 1.30 bits per heavy atom. The maximum absolute atomic E-state index is 12.5. The van der Waals surface area contributed by atoms with Crippen LogP contribution in [0.2, 0.25) is 0 Å². The Bertz CT molecular complexity index is 614. The molecule has 0 aliphatic carbocycles. The second kappa shape index (κ2) is 8.39. The van der Waals surface area contributed by atoms with Gasteiger partial charge in [-0.05, 0) is 31.0 Å². The Morgan fingerprint density at radius 3 is 2.74 bits per heavy atom. The van der Waals surface area contributed by atoms with Gasteiger partial charge >= 0.3 is 0 Å². The number of aryl methyl sites for hydroxylation is 1. The average Bonchev–Trinajstić information content (AvgIpc) is 2.57. The fourth-order valence-electron chi connectivity index (χ4n) is 2.36. The molecule has 2 heterocycles. The highest BCUT2D eigenvalue weighted by molar-refractivity contribution is 5.78. The number of pyridine rings is 2. The maximum atomic E-state index is 12.5. The number of hydrogen-bond donors (Lipinski definition) is 1. The monoisotopic (exact) mass is 313 g/mol. The molecule has 122 valence electrons. The number of amides is 1. The molecule has 0 radical (unpaired) electrons. The highest BCUT2D eigenvalue weighted by Gasteiger charge is 2.18. The van der Waals surface area contributed by atoms with Crippen LogP contribution in [0.3, 0.4) is 0 Å². The van der Waals surface area contributed by atoms with Gasteiger partial charge in [0.25, 0.3) is 0 Å². The summed E-state index contributed by atoms with van der Waals surface area (Å²) >= 11 is 0. The van der Waals surface area contributed by atoms with E-state index in [0.717, 1.165) is 23.2 Å². The predicted molar refractivity (Wildman–Crippen MR) is 88.7 cm³/mol. The van der Waals surface area contributed by atoms with Crippen molar-refractivity contribution in [2.24, 2.45) is 0 Å². The van der Waals surface area contributed by atoms with Gasteiger partial charge in [0.05, 0.1) is 19.1 Å². The molecule has 0 bridgehead atoms. The van der Waals surface area contributed by atoms with Crippen molar-refractivity contribution in [1.29, 1.82) is 0 Å². The first-order valence-electron chi connectivity index (χ1n) is 7.87. The van der Waals surface area contributed by atoms with Crippen molar-refractivity contribution in [3.63, 3.8) is 0 Å². The zero-order valence-corrected chi connectivity index (χ0v) is 13.6. The van der Waals surface area contributed by atoms with E-state index in [4.69, 9.17) is 0 Å². The van der Waals surface area contributed by atoms with Crippen molar-refractivity contribution < 1.29 is 9.90 Å². The number of carbonyl (C=O) groups excluding carboxylic acids is 1. The molecule has 2 aromatic heterocycles. The van der Waals surface area contributed by atoms with E-state index in [1.807, 2.05) is 32.0 Å². The van der Waals surface area contributed by atoms with Gasteiger partial charge in [0.15, 0.2) is 0 Å². The van der Waals surface area contributed by atoms with E-state index in [-0.39, 0.29) is 12.5 Å². The van der Waals surface area contributed by atoms with Crippen LogP contribution in [0.4, 0.5) is 0 Å². The Balaban J connectivity index is 2.02. The molecule has 0 aromatic carbocycles. The third kappa shape index (κ3) is 5.14. The van der Waals surface area contributed by atoms with E-state index in [2.05, 4.69) is 9.97 Å². The summed E-state index contributed by atoms with van der Waals surface area (Å²) in [5, 5.41) is 10.3. The molecular weight excluding hydrogens is 290 g/mol. The number of rotatable bonds is 7. The number of aliphatic hydroxyl groups is 1. The van der Waals surface area contributed by atoms with Gasteiger partial charge in [-0.3, -0.25) is 14.8 Å². The second-order valence-electron chi connectivity index (χ2n) is 5.63.